The predicted octanol–water partition coefficient (Wildman–Crippen LogP) is 3.65. The molecule has 2 amide bonds. The largest absolute Gasteiger partial charge is 0.438 e. The number of hydrogen-bond donors (Lipinski definition) is 3. The van der Waals surface area contributed by atoms with E-state index in [2.05, 4.69) is 49.7 Å². The number of aromatic amines is 1. The quantitative estimate of drug-likeness (QED) is 0.476. The zero-order valence-corrected chi connectivity index (χ0v) is 16.2. The number of aryl methyl sites for hydroxylation is 1. The minimum absolute atomic E-state index is 0.283. The number of rotatable bonds is 5. The molecule has 0 radical (unpaired) electrons. The van der Waals surface area contributed by atoms with E-state index in [9.17, 15) is 4.79 Å². The topological polar surface area (TPSA) is 123 Å². The van der Waals surface area contributed by atoms with Crippen molar-refractivity contribution >= 4 is 28.6 Å². The van der Waals surface area contributed by atoms with Crippen LogP contribution in [0.25, 0.3) is 11.0 Å². The van der Waals surface area contributed by atoms with Gasteiger partial charge in [-0.25, -0.2) is 14.8 Å². The number of anilines is 2. The summed E-state index contributed by atoms with van der Waals surface area (Å²) < 4.78 is 7.44. The van der Waals surface area contributed by atoms with Crippen molar-refractivity contribution in [2.24, 2.45) is 7.05 Å². The van der Waals surface area contributed by atoms with Gasteiger partial charge in [-0.15, -0.1) is 0 Å². The summed E-state index contributed by atoms with van der Waals surface area (Å²) in [5.41, 5.74) is 2.14. The molecular weight excluding hydrogens is 372 g/mol. The molecule has 0 saturated heterocycles. The number of carbonyl (C=O) groups is 1. The lowest BCUT2D eigenvalue weighted by Crippen LogP contribution is -2.20. The Balaban J connectivity index is 1.40. The van der Waals surface area contributed by atoms with Gasteiger partial charge in [-0.1, -0.05) is 13.8 Å². The summed E-state index contributed by atoms with van der Waals surface area (Å²) in [6, 6.07) is 8.47. The van der Waals surface area contributed by atoms with Gasteiger partial charge < -0.3 is 10.1 Å². The first kappa shape index (κ1) is 18.4. The molecule has 29 heavy (non-hydrogen) atoms. The smallest absolute Gasteiger partial charge is 0.324 e. The van der Waals surface area contributed by atoms with Gasteiger partial charge in [-0.2, -0.15) is 10.2 Å². The highest BCUT2D eigenvalue weighted by atomic mass is 16.5. The predicted molar refractivity (Wildman–Crippen MR) is 108 cm³/mol. The van der Waals surface area contributed by atoms with Crippen LogP contribution in [-0.2, 0) is 7.05 Å². The lowest BCUT2D eigenvalue weighted by molar-refractivity contribution is 0.262. The summed E-state index contributed by atoms with van der Waals surface area (Å²) in [6.07, 6.45) is 3.01. The summed E-state index contributed by atoms with van der Waals surface area (Å²) >= 11 is 0. The van der Waals surface area contributed by atoms with Crippen molar-refractivity contribution in [2.75, 3.05) is 10.6 Å². The Hall–Kier alpha value is -3.95. The number of carbonyl (C=O) groups excluding carboxylic acids is 1. The number of amides is 2. The van der Waals surface area contributed by atoms with E-state index in [4.69, 9.17) is 4.74 Å². The Morgan fingerprint density at radius 2 is 1.97 bits per heavy atom. The third-order valence-corrected chi connectivity index (χ3v) is 4.27. The lowest BCUT2D eigenvalue weighted by Gasteiger charge is -2.09. The van der Waals surface area contributed by atoms with Gasteiger partial charge in [0.15, 0.2) is 5.65 Å². The lowest BCUT2D eigenvalue weighted by atomic mass is 10.1. The summed E-state index contributed by atoms with van der Waals surface area (Å²) in [5.74, 6) is 1.88. The van der Waals surface area contributed by atoms with Crippen molar-refractivity contribution < 1.29 is 9.53 Å². The van der Waals surface area contributed by atoms with Crippen LogP contribution in [0.15, 0.2) is 42.9 Å². The molecule has 148 valence electrons. The standard InChI is InChI=1S/C19H20N8O2/c1-11(2)15-8-16(27(3)26-15)24-19(28)23-12-4-6-13(7-5-12)29-18-14-9-22-25-17(14)20-10-21-18/h4-11H,1-3H3,(H2,23,24,28)(H,20,21,22,25). The van der Waals surface area contributed by atoms with E-state index in [1.165, 1.54) is 6.33 Å². The van der Waals surface area contributed by atoms with E-state index in [0.29, 0.717) is 34.2 Å². The third-order valence-electron chi connectivity index (χ3n) is 4.27. The first-order valence-electron chi connectivity index (χ1n) is 9.03. The van der Waals surface area contributed by atoms with Crippen molar-refractivity contribution in [3.63, 3.8) is 0 Å². The van der Waals surface area contributed by atoms with Crippen LogP contribution < -0.4 is 15.4 Å². The van der Waals surface area contributed by atoms with Crippen LogP contribution in [0.2, 0.25) is 0 Å². The van der Waals surface area contributed by atoms with Crippen LogP contribution in [0, 0.1) is 0 Å². The fourth-order valence-corrected chi connectivity index (χ4v) is 2.71. The Kier molecular flexibility index (Phi) is 4.82. The number of ether oxygens (including phenoxy) is 1. The monoisotopic (exact) mass is 392 g/mol. The molecule has 4 rings (SSSR count). The van der Waals surface area contributed by atoms with Gasteiger partial charge in [-0.05, 0) is 30.2 Å². The number of benzene rings is 1. The van der Waals surface area contributed by atoms with Gasteiger partial charge in [-0.3, -0.25) is 15.1 Å². The van der Waals surface area contributed by atoms with Crippen molar-refractivity contribution in [2.45, 2.75) is 19.8 Å². The summed E-state index contributed by atoms with van der Waals surface area (Å²) in [6.45, 7) is 4.10. The highest BCUT2D eigenvalue weighted by Crippen LogP contribution is 2.26. The number of H-pyrrole nitrogens is 1. The fraction of sp³-hybridized carbons (Fsp3) is 0.211. The highest BCUT2D eigenvalue weighted by Gasteiger charge is 2.12. The number of urea groups is 1. The second-order valence-electron chi connectivity index (χ2n) is 6.75. The molecule has 10 heteroatoms. The molecule has 3 heterocycles. The summed E-state index contributed by atoms with van der Waals surface area (Å²) in [4.78, 5) is 20.5. The van der Waals surface area contributed by atoms with Gasteiger partial charge in [0.2, 0.25) is 5.88 Å². The van der Waals surface area contributed by atoms with E-state index in [-0.39, 0.29) is 11.9 Å². The van der Waals surface area contributed by atoms with Crippen molar-refractivity contribution in [3.8, 4) is 11.6 Å². The molecule has 0 unspecified atom stereocenters. The second-order valence-corrected chi connectivity index (χ2v) is 6.75. The molecule has 0 aliphatic rings. The molecular formula is C19H20N8O2. The number of fused-ring (bicyclic) bond motifs is 1. The fourth-order valence-electron chi connectivity index (χ4n) is 2.71. The molecule has 0 spiro atoms. The maximum absolute atomic E-state index is 12.3. The van der Waals surface area contributed by atoms with Crippen LogP contribution >= 0.6 is 0 Å². The number of nitrogens with one attached hydrogen (secondary N) is 3. The minimum atomic E-state index is -0.354. The van der Waals surface area contributed by atoms with Crippen molar-refractivity contribution in [3.05, 3.63) is 48.5 Å². The van der Waals surface area contributed by atoms with E-state index in [1.54, 1.807) is 42.2 Å². The van der Waals surface area contributed by atoms with E-state index >= 15 is 0 Å². The molecule has 10 nitrogen and oxygen atoms in total. The van der Waals surface area contributed by atoms with Crippen LogP contribution in [0.3, 0.4) is 0 Å². The average molecular weight is 392 g/mol. The van der Waals surface area contributed by atoms with Crippen LogP contribution in [0.5, 0.6) is 11.6 Å². The van der Waals surface area contributed by atoms with E-state index in [1.807, 2.05) is 6.07 Å². The molecule has 4 aromatic rings. The summed E-state index contributed by atoms with van der Waals surface area (Å²) in [7, 11) is 1.79. The molecule has 0 saturated carbocycles. The third kappa shape index (κ3) is 4.00. The van der Waals surface area contributed by atoms with Gasteiger partial charge in [0.25, 0.3) is 0 Å². The van der Waals surface area contributed by atoms with Gasteiger partial charge in [0.05, 0.1) is 11.9 Å². The first-order chi connectivity index (χ1) is 14.0. The maximum atomic E-state index is 12.3. The van der Waals surface area contributed by atoms with Gasteiger partial charge >= 0.3 is 6.03 Å². The zero-order valence-electron chi connectivity index (χ0n) is 16.2. The summed E-state index contributed by atoms with van der Waals surface area (Å²) in [5, 5.41) is 17.3. The Morgan fingerprint density at radius 1 is 1.17 bits per heavy atom. The molecule has 3 N–H and O–H groups in total. The molecule has 0 atom stereocenters. The van der Waals surface area contributed by atoms with E-state index < -0.39 is 0 Å². The zero-order chi connectivity index (χ0) is 20.4. The Morgan fingerprint density at radius 3 is 2.69 bits per heavy atom. The highest BCUT2D eigenvalue weighted by molar-refractivity contribution is 5.99. The minimum Gasteiger partial charge on any atom is -0.438 e. The molecule has 1 aromatic carbocycles. The van der Waals surface area contributed by atoms with Crippen molar-refractivity contribution in [1.82, 2.24) is 29.9 Å². The average Bonchev–Trinajstić information content (AvgIpc) is 3.31. The molecule has 0 bridgehead atoms. The number of hydrogen-bond acceptors (Lipinski definition) is 6. The Labute approximate surface area is 166 Å². The van der Waals surface area contributed by atoms with Gasteiger partial charge in [0.1, 0.15) is 23.3 Å². The van der Waals surface area contributed by atoms with Crippen LogP contribution in [-0.4, -0.2) is 36.0 Å². The second kappa shape index (κ2) is 7.58. The van der Waals surface area contributed by atoms with Crippen molar-refractivity contribution in [1.29, 1.82) is 0 Å². The van der Waals surface area contributed by atoms with E-state index in [0.717, 1.165) is 5.69 Å². The Bertz CT molecular complexity index is 1150. The molecule has 0 aliphatic heterocycles. The SMILES string of the molecule is CC(C)c1cc(NC(=O)Nc2ccc(Oc3ncnc4[nH]ncc34)cc2)n(C)n1. The number of aromatic nitrogens is 6. The maximum Gasteiger partial charge on any atom is 0.324 e. The van der Waals surface area contributed by atoms with Crippen LogP contribution in [0.1, 0.15) is 25.5 Å². The number of nitrogens with zero attached hydrogens (tertiary/aromatic N) is 5. The van der Waals surface area contributed by atoms with Crippen LogP contribution in [0.4, 0.5) is 16.3 Å². The molecule has 3 aromatic heterocycles. The van der Waals surface area contributed by atoms with Gasteiger partial charge in [0, 0.05) is 18.8 Å². The first-order valence-corrected chi connectivity index (χ1v) is 9.03. The normalized spacial score (nSPS) is 11.0. The molecule has 0 fully saturated rings. The molecule has 0 aliphatic carbocycles.